The first kappa shape index (κ1) is 9.25. The van der Waals surface area contributed by atoms with Crippen molar-refractivity contribution < 1.29 is 4.39 Å². The van der Waals surface area contributed by atoms with Gasteiger partial charge in [-0.25, -0.2) is 4.39 Å². The van der Waals surface area contributed by atoms with Crippen LogP contribution in [0, 0.1) is 11.7 Å². The third-order valence-electron chi connectivity index (χ3n) is 2.69. The number of halogens is 1. The Bertz CT molecular complexity index is 382. The largest absolute Gasteiger partial charge is 0.359 e. The zero-order valence-electron chi connectivity index (χ0n) is 8.47. The second-order valence-electron chi connectivity index (χ2n) is 4.10. The molecule has 0 radical (unpaired) electrons. The molecule has 0 bridgehead atoms. The Balaban J connectivity index is 2.48. The highest BCUT2D eigenvalue weighted by atomic mass is 19.1. The number of rotatable bonds is 1. The zero-order chi connectivity index (χ0) is 10.3. The van der Waals surface area contributed by atoms with E-state index in [1.807, 2.05) is 6.07 Å². The van der Waals surface area contributed by atoms with E-state index in [0.717, 1.165) is 16.9 Å². The van der Waals surface area contributed by atoms with E-state index in [1.165, 1.54) is 12.1 Å². The lowest BCUT2D eigenvalue weighted by Crippen LogP contribution is -2.05. The first-order chi connectivity index (χ1) is 6.59. The minimum Gasteiger partial charge on any atom is -0.359 e. The quantitative estimate of drug-likeness (QED) is 0.716. The Hall–Kier alpha value is -1.31. The molecule has 0 amide bonds. The molecule has 2 heteroatoms. The summed E-state index contributed by atoms with van der Waals surface area (Å²) >= 11 is 0. The van der Waals surface area contributed by atoms with Gasteiger partial charge in [-0.05, 0) is 23.6 Å². The van der Waals surface area contributed by atoms with Crippen molar-refractivity contribution in [3.8, 4) is 0 Å². The maximum absolute atomic E-state index is 12.9. The van der Waals surface area contributed by atoms with Gasteiger partial charge in [0.1, 0.15) is 5.82 Å². The third kappa shape index (κ3) is 1.31. The van der Waals surface area contributed by atoms with Crippen LogP contribution in [0.15, 0.2) is 30.5 Å². The summed E-state index contributed by atoms with van der Waals surface area (Å²) in [5, 5.41) is 3.14. The first-order valence-electron chi connectivity index (χ1n) is 4.85. The summed E-state index contributed by atoms with van der Waals surface area (Å²) in [6, 6.07) is 4.89. The Morgan fingerprint density at radius 3 is 2.79 bits per heavy atom. The average molecular weight is 191 g/mol. The number of nitrogens with one attached hydrogen (secondary N) is 1. The van der Waals surface area contributed by atoms with Crippen molar-refractivity contribution in [2.45, 2.75) is 19.8 Å². The van der Waals surface area contributed by atoms with Crippen molar-refractivity contribution in [2.24, 2.45) is 5.92 Å². The Labute approximate surface area is 83.6 Å². The smallest absolute Gasteiger partial charge is 0.125 e. The molecule has 74 valence electrons. The molecule has 0 saturated heterocycles. The van der Waals surface area contributed by atoms with Crippen molar-refractivity contribution in [3.63, 3.8) is 0 Å². The molecular weight excluding hydrogens is 177 g/mol. The molecule has 0 spiro atoms. The topological polar surface area (TPSA) is 12.0 Å². The number of fused-ring (bicyclic) bond motifs is 1. The molecule has 1 aromatic carbocycles. The molecule has 2 rings (SSSR count). The molecule has 1 aliphatic rings. The number of benzene rings is 1. The fourth-order valence-corrected chi connectivity index (χ4v) is 2.11. The summed E-state index contributed by atoms with van der Waals surface area (Å²) < 4.78 is 12.9. The zero-order valence-corrected chi connectivity index (χ0v) is 8.47. The van der Waals surface area contributed by atoms with E-state index in [1.54, 1.807) is 0 Å². The van der Waals surface area contributed by atoms with E-state index in [-0.39, 0.29) is 5.82 Å². The SMILES string of the molecule is C=C1Nc2cc(F)ccc2C1C(C)C. The Morgan fingerprint density at radius 2 is 2.14 bits per heavy atom. The predicted molar refractivity (Wildman–Crippen MR) is 56.7 cm³/mol. The highest BCUT2D eigenvalue weighted by molar-refractivity contribution is 5.65. The van der Waals surface area contributed by atoms with Gasteiger partial charge in [-0.2, -0.15) is 0 Å². The molecule has 1 heterocycles. The second-order valence-corrected chi connectivity index (χ2v) is 4.10. The van der Waals surface area contributed by atoms with Crippen molar-refractivity contribution in [1.82, 2.24) is 0 Å². The summed E-state index contributed by atoms with van der Waals surface area (Å²) in [7, 11) is 0. The van der Waals surface area contributed by atoms with E-state index >= 15 is 0 Å². The molecule has 1 unspecified atom stereocenters. The predicted octanol–water partition coefficient (Wildman–Crippen LogP) is 3.50. The molecule has 14 heavy (non-hydrogen) atoms. The molecule has 1 aliphatic heterocycles. The van der Waals surface area contributed by atoms with Crippen molar-refractivity contribution in [2.75, 3.05) is 5.32 Å². The molecular formula is C12H14FN. The lowest BCUT2D eigenvalue weighted by atomic mass is 9.88. The molecule has 1 N–H and O–H groups in total. The van der Waals surface area contributed by atoms with Gasteiger partial charge in [-0.15, -0.1) is 0 Å². The van der Waals surface area contributed by atoms with E-state index < -0.39 is 0 Å². The molecule has 1 nitrogen and oxygen atoms in total. The van der Waals surface area contributed by atoms with Crippen LogP contribution < -0.4 is 5.32 Å². The van der Waals surface area contributed by atoms with Gasteiger partial charge < -0.3 is 5.32 Å². The lowest BCUT2D eigenvalue weighted by Gasteiger charge is -2.15. The molecule has 1 atom stereocenters. The van der Waals surface area contributed by atoms with Gasteiger partial charge in [-0.1, -0.05) is 26.5 Å². The lowest BCUT2D eigenvalue weighted by molar-refractivity contribution is 0.570. The minimum atomic E-state index is -0.201. The van der Waals surface area contributed by atoms with Crippen molar-refractivity contribution in [3.05, 3.63) is 41.9 Å². The van der Waals surface area contributed by atoms with Crippen LogP contribution >= 0.6 is 0 Å². The van der Waals surface area contributed by atoms with E-state index in [9.17, 15) is 4.39 Å². The van der Waals surface area contributed by atoms with Gasteiger partial charge in [0, 0.05) is 17.3 Å². The van der Waals surface area contributed by atoms with Crippen LogP contribution in [-0.4, -0.2) is 0 Å². The number of anilines is 1. The maximum atomic E-state index is 12.9. The monoisotopic (exact) mass is 191 g/mol. The van der Waals surface area contributed by atoms with Gasteiger partial charge in [0.2, 0.25) is 0 Å². The van der Waals surface area contributed by atoms with Gasteiger partial charge in [-0.3, -0.25) is 0 Å². The Morgan fingerprint density at radius 1 is 1.43 bits per heavy atom. The molecule has 0 aromatic heterocycles. The highest BCUT2D eigenvalue weighted by Crippen LogP contribution is 2.42. The normalized spacial score (nSPS) is 19.7. The van der Waals surface area contributed by atoms with Gasteiger partial charge in [0.25, 0.3) is 0 Å². The van der Waals surface area contributed by atoms with Gasteiger partial charge in [0.15, 0.2) is 0 Å². The van der Waals surface area contributed by atoms with Crippen LogP contribution in [0.4, 0.5) is 10.1 Å². The highest BCUT2D eigenvalue weighted by Gasteiger charge is 2.28. The van der Waals surface area contributed by atoms with Gasteiger partial charge in [0.05, 0.1) is 0 Å². The Kier molecular flexibility index (Phi) is 2.06. The molecule has 0 aliphatic carbocycles. The van der Waals surface area contributed by atoms with E-state index in [4.69, 9.17) is 0 Å². The van der Waals surface area contributed by atoms with E-state index in [0.29, 0.717) is 11.8 Å². The van der Waals surface area contributed by atoms with Crippen LogP contribution in [-0.2, 0) is 0 Å². The standard InChI is InChI=1S/C12H14FN/c1-7(2)12-8(3)14-11-6-9(13)4-5-10(11)12/h4-7,12,14H,3H2,1-2H3. The second kappa shape index (κ2) is 3.12. The van der Waals surface area contributed by atoms with Crippen LogP contribution in [0.1, 0.15) is 25.3 Å². The number of hydrogen-bond donors (Lipinski definition) is 1. The van der Waals surface area contributed by atoms with Gasteiger partial charge >= 0.3 is 0 Å². The fourth-order valence-electron chi connectivity index (χ4n) is 2.11. The van der Waals surface area contributed by atoms with Crippen LogP contribution in [0.25, 0.3) is 0 Å². The summed E-state index contributed by atoms with van der Waals surface area (Å²) in [4.78, 5) is 0. The molecule has 0 fully saturated rings. The van der Waals surface area contributed by atoms with Crippen LogP contribution in [0.3, 0.4) is 0 Å². The van der Waals surface area contributed by atoms with Crippen molar-refractivity contribution in [1.29, 1.82) is 0 Å². The minimum absolute atomic E-state index is 0.201. The summed E-state index contributed by atoms with van der Waals surface area (Å²) in [5.41, 5.74) is 3.00. The first-order valence-corrected chi connectivity index (χ1v) is 4.85. The van der Waals surface area contributed by atoms with Crippen molar-refractivity contribution >= 4 is 5.69 Å². The van der Waals surface area contributed by atoms with Crippen LogP contribution in [0.5, 0.6) is 0 Å². The van der Waals surface area contributed by atoms with E-state index in [2.05, 4.69) is 25.7 Å². The number of allylic oxidation sites excluding steroid dienone is 1. The molecule has 0 saturated carbocycles. The summed E-state index contributed by atoms with van der Waals surface area (Å²) in [6.45, 7) is 8.27. The average Bonchev–Trinajstić information content (AvgIpc) is 2.39. The molecule has 1 aromatic rings. The number of hydrogen-bond acceptors (Lipinski definition) is 1. The fraction of sp³-hybridized carbons (Fsp3) is 0.333. The third-order valence-corrected chi connectivity index (χ3v) is 2.69. The summed E-state index contributed by atoms with van der Waals surface area (Å²) in [6.07, 6.45) is 0. The summed E-state index contributed by atoms with van der Waals surface area (Å²) in [5.74, 6) is 0.598. The van der Waals surface area contributed by atoms with Crippen LogP contribution in [0.2, 0.25) is 0 Å². The maximum Gasteiger partial charge on any atom is 0.125 e.